The lowest BCUT2D eigenvalue weighted by atomic mass is 9.85. The zero-order chi connectivity index (χ0) is 15.9. The highest BCUT2D eigenvalue weighted by molar-refractivity contribution is 5.52. The number of halogens is 2. The molecule has 0 spiro atoms. The predicted octanol–water partition coefficient (Wildman–Crippen LogP) is 4.59. The number of hydrogen-bond acceptors (Lipinski definition) is 1. The number of rotatable bonds is 2. The van der Waals surface area contributed by atoms with Crippen molar-refractivity contribution < 1.29 is 13.9 Å². The molecule has 0 heterocycles. The molecule has 0 aromatic heterocycles. The molecule has 1 N–H and O–H groups in total. The Bertz CT molecular complexity index is 656. The van der Waals surface area contributed by atoms with Crippen LogP contribution in [0.2, 0.25) is 0 Å². The summed E-state index contributed by atoms with van der Waals surface area (Å²) in [5, 5.41) is 10.6. The van der Waals surface area contributed by atoms with Crippen molar-refractivity contribution in [1.82, 2.24) is 0 Å². The molecular formula is C18H20F2O. The number of aliphatic hydroxyl groups excluding tert-OH is 1. The third kappa shape index (κ3) is 2.70. The van der Waals surface area contributed by atoms with Crippen LogP contribution in [0.15, 0.2) is 18.2 Å². The first-order valence-corrected chi connectivity index (χ1v) is 6.95. The highest BCUT2D eigenvalue weighted by Gasteiger charge is 2.21. The molecule has 0 saturated carbocycles. The maximum Gasteiger partial charge on any atom is 0.126 e. The SMILES string of the molecule is Cc1c(C)c(C)c(C(O)c2cc(F)cc(F)c2)c(C)c1C. The first kappa shape index (κ1) is 15.6. The van der Waals surface area contributed by atoms with Crippen LogP contribution in [0.25, 0.3) is 0 Å². The van der Waals surface area contributed by atoms with Gasteiger partial charge >= 0.3 is 0 Å². The van der Waals surface area contributed by atoms with Gasteiger partial charge in [-0.3, -0.25) is 0 Å². The van der Waals surface area contributed by atoms with Gasteiger partial charge in [0.25, 0.3) is 0 Å². The van der Waals surface area contributed by atoms with Gasteiger partial charge in [0, 0.05) is 6.07 Å². The zero-order valence-electron chi connectivity index (χ0n) is 13.0. The molecular weight excluding hydrogens is 270 g/mol. The van der Waals surface area contributed by atoms with E-state index in [0.29, 0.717) is 0 Å². The van der Waals surface area contributed by atoms with E-state index in [0.717, 1.165) is 33.9 Å². The third-order valence-corrected chi connectivity index (χ3v) is 4.53. The minimum atomic E-state index is -1.03. The molecule has 0 aliphatic carbocycles. The molecule has 1 nitrogen and oxygen atoms in total. The Balaban J connectivity index is 2.66. The zero-order valence-corrected chi connectivity index (χ0v) is 13.0. The van der Waals surface area contributed by atoms with Gasteiger partial charge in [-0.1, -0.05) is 0 Å². The summed E-state index contributed by atoms with van der Waals surface area (Å²) in [5.41, 5.74) is 6.29. The second kappa shape index (κ2) is 5.57. The van der Waals surface area contributed by atoms with Crippen LogP contribution in [0.1, 0.15) is 45.0 Å². The molecule has 0 aliphatic rings. The van der Waals surface area contributed by atoms with Crippen LogP contribution in [0.5, 0.6) is 0 Å². The summed E-state index contributed by atoms with van der Waals surface area (Å²) < 4.78 is 26.8. The van der Waals surface area contributed by atoms with Gasteiger partial charge in [0.15, 0.2) is 0 Å². The molecule has 0 radical (unpaired) electrons. The lowest BCUT2D eigenvalue weighted by Crippen LogP contribution is -2.09. The summed E-state index contributed by atoms with van der Waals surface area (Å²) in [4.78, 5) is 0. The first-order valence-electron chi connectivity index (χ1n) is 6.95. The minimum absolute atomic E-state index is 0.237. The molecule has 2 rings (SSSR count). The van der Waals surface area contributed by atoms with Crippen molar-refractivity contribution in [2.24, 2.45) is 0 Å². The Morgan fingerprint density at radius 2 is 1.10 bits per heavy atom. The third-order valence-electron chi connectivity index (χ3n) is 4.53. The highest BCUT2D eigenvalue weighted by atomic mass is 19.1. The topological polar surface area (TPSA) is 20.2 Å². The van der Waals surface area contributed by atoms with Crippen molar-refractivity contribution in [1.29, 1.82) is 0 Å². The van der Waals surface area contributed by atoms with Crippen LogP contribution in [0.3, 0.4) is 0 Å². The van der Waals surface area contributed by atoms with Crippen molar-refractivity contribution in [3.05, 3.63) is 68.8 Å². The number of benzene rings is 2. The Morgan fingerprint density at radius 1 is 0.714 bits per heavy atom. The van der Waals surface area contributed by atoms with E-state index in [4.69, 9.17) is 0 Å². The van der Waals surface area contributed by atoms with Crippen LogP contribution in [0, 0.1) is 46.3 Å². The van der Waals surface area contributed by atoms with Gasteiger partial charge in [-0.05, 0) is 85.7 Å². The van der Waals surface area contributed by atoms with Crippen LogP contribution in [-0.2, 0) is 0 Å². The fourth-order valence-electron chi connectivity index (χ4n) is 2.84. The Kier molecular flexibility index (Phi) is 4.15. The second-order valence-electron chi connectivity index (χ2n) is 5.64. The van der Waals surface area contributed by atoms with Gasteiger partial charge in [-0.15, -0.1) is 0 Å². The average Bonchev–Trinajstić information content (AvgIpc) is 2.42. The van der Waals surface area contributed by atoms with Crippen LogP contribution < -0.4 is 0 Å². The largest absolute Gasteiger partial charge is 0.384 e. The molecule has 21 heavy (non-hydrogen) atoms. The smallest absolute Gasteiger partial charge is 0.126 e. The van der Waals surface area contributed by atoms with E-state index >= 15 is 0 Å². The molecule has 0 saturated heterocycles. The first-order chi connectivity index (χ1) is 9.73. The fraction of sp³-hybridized carbons (Fsp3) is 0.333. The Hall–Kier alpha value is -1.74. The van der Waals surface area contributed by atoms with E-state index in [1.54, 1.807) is 0 Å². The Morgan fingerprint density at radius 3 is 1.52 bits per heavy atom. The monoisotopic (exact) mass is 290 g/mol. The van der Waals surface area contributed by atoms with E-state index in [9.17, 15) is 13.9 Å². The molecule has 1 unspecified atom stereocenters. The van der Waals surface area contributed by atoms with E-state index in [1.807, 2.05) is 34.6 Å². The average molecular weight is 290 g/mol. The molecule has 0 aliphatic heterocycles. The quantitative estimate of drug-likeness (QED) is 0.857. The van der Waals surface area contributed by atoms with Crippen LogP contribution >= 0.6 is 0 Å². The summed E-state index contributed by atoms with van der Waals surface area (Å²) in [6.45, 7) is 9.91. The number of hydrogen-bond donors (Lipinski definition) is 1. The summed E-state index contributed by atoms with van der Waals surface area (Å²) in [5.74, 6) is -1.36. The number of aliphatic hydroxyl groups is 1. The van der Waals surface area contributed by atoms with Crippen molar-refractivity contribution in [2.75, 3.05) is 0 Å². The summed E-state index contributed by atoms with van der Waals surface area (Å²) in [6, 6.07) is 3.16. The normalized spacial score (nSPS) is 12.6. The standard InChI is InChI=1S/C18H20F2O/c1-9-10(2)12(4)17(13(5)11(9)3)18(21)14-6-15(19)8-16(20)7-14/h6-8,18,21H,1-5H3. The lowest BCUT2D eigenvalue weighted by Gasteiger charge is -2.23. The summed E-state index contributed by atoms with van der Waals surface area (Å²) in [6.07, 6.45) is -1.03. The van der Waals surface area contributed by atoms with E-state index in [-0.39, 0.29) is 5.56 Å². The van der Waals surface area contributed by atoms with Gasteiger partial charge in [0.2, 0.25) is 0 Å². The van der Waals surface area contributed by atoms with Gasteiger partial charge in [-0.2, -0.15) is 0 Å². The highest BCUT2D eigenvalue weighted by Crippen LogP contribution is 2.34. The summed E-state index contributed by atoms with van der Waals surface area (Å²) >= 11 is 0. The van der Waals surface area contributed by atoms with Crippen molar-refractivity contribution in [3.63, 3.8) is 0 Å². The maximum atomic E-state index is 13.4. The van der Waals surface area contributed by atoms with Crippen molar-refractivity contribution >= 4 is 0 Å². The predicted molar refractivity (Wildman–Crippen MR) is 80.5 cm³/mol. The lowest BCUT2D eigenvalue weighted by molar-refractivity contribution is 0.217. The van der Waals surface area contributed by atoms with Crippen molar-refractivity contribution in [3.8, 4) is 0 Å². The Labute approximate surface area is 124 Å². The molecule has 0 bridgehead atoms. The molecule has 0 fully saturated rings. The molecule has 112 valence electrons. The molecule has 0 amide bonds. The molecule has 2 aromatic carbocycles. The van der Waals surface area contributed by atoms with E-state index in [2.05, 4.69) is 0 Å². The van der Waals surface area contributed by atoms with Crippen LogP contribution in [0.4, 0.5) is 8.78 Å². The minimum Gasteiger partial charge on any atom is -0.384 e. The second-order valence-corrected chi connectivity index (χ2v) is 5.64. The fourth-order valence-corrected chi connectivity index (χ4v) is 2.84. The van der Waals surface area contributed by atoms with E-state index in [1.165, 1.54) is 17.7 Å². The van der Waals surface area contributed by atoms with E-state index < -0.39 is 17.7 Å². The maximum absolute atomic E-state index is 13.4. The van der Waals surface area contributed by atoms with Gasteiger partial charge < -0.3 is 5.11 Å². The molecule has 1 atom stereocenters. The molecule has 2 aromatic rings. The summed E-state index contributed by atoms with van der Waals surface area (Å²) in [7, 11) is 0. The molecule has 3 heteroatoms. The van der Waals surface area contributed by atoms with Crippen LogP contribution in [-0.4, -0.2) is 5.11 Å². The van der Waals surface area contributed by atoms with Crippen molar-refractivity contribution in [2.45, 2.75) is 40.7 Å². The van der Waals surface area contributed by atoms with Gasteiger partial charge in [0.1, 0.15) is 17.7 Å². The van der Waals surface area contributed by atoms with Gasteiger partial charge in [0.05, 0.1) is 0 Å². The van der Waals surface area contributed by atoms with Gasteiger partial charge in [-0.25, -0.2) is 8.78 Å².